The summed E-state index contributed by atoms with van der Waals surface area (Å²) in [5.74, 6) is -1.25. The first kappa shape index (κ1) is 19.0. The Balaban J connectivity index is 4.42. The fourth-order valence-electron chi connectivity index (χ4n) is 1.23. The van der Waals surface area contributed by atoms with Gasteiger partial charge in [-0.25, -0.2) is 14.4 Å². The fourth-order valence-corrected chi connectivity index (χ4v) is 1.23. The molecule has 0 saturated carbocycles. The van der Waals surface area contributed by atoms with Crippen molar-refractivity contribution in [1.29, 1.82) is 0 Å². The smallest absolute Gasteiger partial charge is 0.407 e. The number of carboxylic acid groups (broad SMARTS) is 1. The molecule has 21 heavy (non-hydrogen) atoms. The maximum absolute atomic E-state index is 11.6. The molecule has 0 aliphatic heterocycles. The SMILES string of the molecule is CC(C)(C)NC(=O)NC(CNC(=O)OC(C)(C)C)C(=O)O. The average molecular weight is 303 g/mol. The number of amides is 3. The van der Waals surface area contributed by atoms with Crippen molar-refractivity contribution in [3.63, 3.8) is 0 Å². The molecule has 0 heterocycles. The third kappa shape index (κ3) is 10.5. The van der Waals surface area contributed by atoms with Gasteiger partial charge in [0.05, 0.1) is 6.54 Å². The molecule has 1 atom stereocenters. The minimum Gasteiger partial charge on any atom is -0.480 e. The highest BCUT2D eigenvalue weighted by molar-refractivity contribution is 5.83. The predicted molar refractivity (Wildman–Crippen MR) is 77.1 cm³/mol. The number of aliphatic carboxylic acids is 1. The van der Waals surface area contributed by atoms with Crippen LogP contribution in [0.25, 0.3) is 0 Å². The number of hydrogen-bond donors (Lipinski definition) is 4. The van der Waals surface area contributed by atoms with E-state index in [4.69, 9.17) is 9.84 Å². The molecule has 0 aromatic rings. The first-order valence-electron chi connectivity index (χ1n) is 6.58. The highest BCUT2D eigenvalue weighted by Gasteiger charge is 2.24. The number of carbonyl (C=O) groups is 3. The topological polar surface area (TPSA) is 117 Å². The lowest BCUT2D eigenvalue weighted by Gasteiger charge is -2.24. The van der Waals surface area contributed by atoms with E-state index in [9.17, 15) is 14.4 Å². The quantitative estimate of drug-likeness (QED) is 0.619. The molecule has 0 aromatic heterocycles. The number of alkyl carbamates (subject to hydrolysis) is 1. The molecule has 0 rings (SSSR count). The van der Waals surface area contributed by atoms with Crippen LogP contribution in [0.15, 0.2) is 0 Å². The van der Waals surface area contributed by atoms with Crippen LogP contribution in [0.3, 0.4) is 0 Å². The van der Waals surface area contributed by atoms with E-state index in [1.807, 2.05) is 0 Å². The van der Waals surface area contributed by atoms with Gasteiger partial charge in [-0.3, -0.25) is 0 Å². The van der Waals surface area contributed by atoms with E-state index in [1.165, 1.54) is 0 Å². The average Bonchev–Trinajstić information content (AvgIpc) is 2.18. The van der Waals surface area contributed by atoms with Crippen molar-refractivity contribution in [3.8, 4) is 0 Å². The lowest BCUT2D eigenvalue weighted by Crippen LogP contribution is -2.55. The second kappa shape index (κ2) is 7.14. The predicted octanol–water partition coefficient (Wildman–Crippen LogP) is 1.06. The van der Waals surface area contributed by atoms with Crippen LogP contribution in [0, 0.1) is 0 Å². The normalized spacial score (nSPS) is 13.0. The highest BCUT2D eigenvalue weighted by atomic mass is 16.6. The molecule has 8 nitrogen and oxygen atoms in total. The summed E-state index contributed by atoms with van der Waals surface area (Å²) in [6, 6.07) is -1.87. The van der Waals surface area contributed by atoms with Crippen LogP contribution in [0.2, 0.25) is 0 Å². The molecular weight excluding hydrogens is 278 g/mol. The Bertz CT molecular complexity index is 396. The van der Waals surface area contributed by atoms with Crippen molar-refractivity contribution in [2.75, 3.05) is 6.54 Å². The molecule has 0 saturated heterocycles. The Morgan fingerprint density at radius 1 is 1.10 bits per heavy atom. The van der Waals surface area contributed by atoms with Crippen LogP contribution in [0.4, 0.5) is 9.59 Å². The van der Waals surface area contributed by atoms with Crippen LogP contribution >= 0.6 is 0 Å². The molecule has 0 radical (unpaired) electrons. The third-order valence-electron chi connectivity index (χ3n) is 1.94. The molecular formula is C13H25N3O5. The summed E-state index contributed by atoms with van der Waals surface area (Å²) < 4.78 is 4.98. The molecule has 0 fully saturated rings. The van der Waals surface area contributed by atoms with Crippen LogP contribution in [0.5, 0.6) is 0 Å². The second-order valence-electron chi connectivity index (χ2n) is 6.62. The molecule has 3 amide bonds. The molecule has 0 aliphatic rings. The van der Waals surface area contributed by atoms with Crippen LogP contribution in [-0.4, -0.2) is 46.9 Å². The monoisotopic (exact) mass is 303 g/mol. The van der Waals surface area contributed by atoms with Crippen molar-refractivity contribution in [2.45, 2.75) is 58.7 Å². The maximum atomic E-state index is 11.6. The summed E-state index contributed by atoms with van der Waals surface area (Å²) in [6.07, 6.45) is -0.744. The third-order valence-corrected chi connectivity index (χ3v) is 1.94. The summed E-state index contributed by atoms with van der Waals surface area (Å²) in [5.41, 5.74) is -1.18. The van der Waals surface area contributed by atoms with Gasteiger partial charge in [0, 0.05) is 5.54 Å². The van der Waals surface area contributed by atoms with Crippen molar-refractivity contribution in [1.82, 2.24) is 16.0 Å². The minimum absolute atomic E-state index is 0.276. The Kier molecular flexibility index (Phi) is 6.47. The van der Waals surface area contributed by atoms with Crippen molar-refractivity contribution >= 4 is 18.1 Å². The lowest BCUT2D eigenvalue weighted by molar-refractivity contribution is -0.139. The summed E-state index contributed by atoms with van der Waals surface area (Å²) in [6.45, 7) is 10.1. The van der Waals surface area contributed by atoms with Crippen LogP contribution < -0.4 is 16.0 Å². The van der Waals surface area contributed by atoms with E-state index in [1.54, 1.807) is 41.5 Å². The number of rotatable bonds is 4. The maximum Gasteiger partial charge on any atom is 0.407 e. The number of ether oxygens (including phenoxy) is 1. The van der Waals surface area contributed by atoms with Gasteiger partial charge >= 0.3 is 18.1 Å². The number of urea groups is 1. The van der Waals surface area contributed by atoms with Gasteiger partial charge in [0.25, 0.3) is 0 Å². The largest absolute Gasteiger partial charge is 0.480 e. The Labute approximate surface area is 124 Å². The number of nitrogens with one attached hydrogen (secondary N) is 3. The van der Waals surface area contributed by atoms with Crippen molar-refractivity contribution in [2.24, 2.45) is 0 Å². The standard InChI is InChI=1S/C13H25N3O5/c1-12(2,3)16-10(19)15-8(9(17)18)7-14-11(20)21-13(4,5)6/h8H,7H2,1-6H3,(H,14,20)(H,17,18)(H2,15,16,19). The van der Waals surface area contributed by atoms with E-state index in [0.717, 1.165) is 0 Å². The summed E-state index contributed by atoms with van der Waals surface area (Å²) in [7, 11) is 0. The molecule has 4 N–H and O–H groups in total. The van der Waals surface area contributed by atoms with E-state index in [0.29, 0.717) is 0 Å². The zero-order chi connectivity index (χ0) is 16.8. The lowest BCUT2D eigenvalue weighted by atomic mass is 10.1. The van der Waals surface area contributed by atoms with Crippen LogP contribution in [0.1, 0.15) is 41.5 Å². The Morgan fingerprint density at radius 2 is 1.62 bits per heavy atom. The van der Waals surface area contributed by atoms with Crippen LogP contribution in [-0.2, 0) is 9.53 Å². The molecule has 0 bridgehead atoms. The van der Waals surface area contributed by atoms with Gasteiger partial charge < -0.3 is 25.8 Å². The first-order chi connectivity index (χ1) is 9.30. The molecule has 122 valence electrons. The molecule has 1 unspecified atom stereocenters. The summed E-state index contributed by atoms with van der Waals surface area (Å²) in [4.78, 5) is 34.1. The molecule has 0 aromatic carbocycles. The van der Waals surface area contributed by atoms with E-state index in [-0.39, 0.29) is 6.54 Å². The first-order valence-corrected chi connectivity index (χ1v) is 6.58. The van der Waals surface area contributed by atoms with Gasteiger partial charge in [0.15, 0.2) is 0 Å². The van der Waals surface area contributed by atoms with Crippen molar-refractivity contribution in [3.05, 3.63) is 0 Å². The Hall–Kier alpha value is -1.99. The minimum atomic E-state index is -1.25. The highest BCUT2D eigenvalue weighted by Crippen LogP contribution is 2.06. The number of carbonyl (C=O) groups excluding carboxylic acids is 2. The zero-order valence-electron chi connectivity index (χ0n) is 13.4. The van der Waals surface area contributed by atoms with Gasteiger partial charge in [-0.05, 0) is 41.5 Å². The zero-order valence-corrected chi connectivity index (χ0v) is 13.4. The second-order valence-corrected chi connectivity index (χ2v) is 6.62. The van der Waals surface area contributed by atoms with Gasteiger partial charge in [0.1, 0.15) is 11.6 Å². The summed E-state index contributed by atoms with van der Waals surface area (Å²) >= 11 is 0. The van der Waals surface area contributed by atoms with Crippen molar-refractivity contribution < 1.29 is 24.2 Å². The Morgan fingerprint density at radius 3 is 2.00 bits per heavy atom. The van der Waals surface area contributed by atoms with Gasteiger partial charge in [-0.2, -0.15) is 0 Å². The van der Waals surface area contributed by atoms with E-state index >= 15 is 0 Å². The van der Waals surface area contributed by atoms with E-state index < -0.39 is 35.3 Å². The van der Waals surface area contributed by atoms with Gasteiger partial charge in [-0.15, -0.1) is 0 Å². The van der Waals surface area contributed by atoms with Gasteiger partial charge in [0.2, 0.25) is 0 Å². The molecule has 0 aliphatic carbocycles. The number of carboxylic acids is 1. The molecule has 0 spiro atoms. The number of hydrogen-bond acceptors (Lipinski definition) is 4. The fraction of sp³-hybridized carbons (Fsp3) is 0.769. The van der Waals surface area contributed by atoms with Gasteiger partial charge in [-0.1, -0.05) is 0 Å². The summed E-state index contributed by atoms with van der Waals surface area (Å²) in [5, 5.41) is 16.2. The molecule has 8 heteroatoms. The van der Waals surface area contributed by atoms with E-state index in [2.05, 4.69) is 16.0 Å².